The van der Waals surface area contributed by atoms with Gasteiger partial charge in [-0.15, -0.1) is 11.3 Å². The van der Waals surface area contributed by atoms with Crippen molar-refractivity contribution in [1.82, 2.24) is 10.3 Å². The summed E-state index contributed by atoms with van der Waals surface area (Å²) in [4.78, 5) is 28.3. The van der Waals surface area contributed by atoms with E-state index in [4.69, 9.17) is 16.3 Å². The van der Waals surface area contributed by atoms with Gasteiger partial charge in [-0.05, 0) is 36.8 Å². The van der Waals surface area contributed by atoms with E-state index in [1.807, 2.05) is 43.3 Å². The average Bonchev–Trinajstić information content (AvgIpc) is 3.08. The summed E-state index contributed by atoms with van der Waals surface area (Å²) in [6.07, 6.45) is 0. The lowest BCUT2D eigenvalue weighted by atomic mass is 10.1. The number of benzene rings is 2. The molecule has 0 saturated heterocycles. The van der Waals surface area contributed by atoms with Crippen LogP contribution in [-0.2, 0) is 14.3 Å². The van der Waals surface area contributed by atoms with Crippen molar-refractivity contribution in [3.05, 3.63) is 59.1 Å². The summed E-state index contributed by atoms with van der Waals surface area (Å²) in [7, 11) is 0. The number of carbonyl (C=O) groups excluding carboxylic acids is 2. The molecule has 140 valence electrons. The summed E-state index contributed by atoms with van der Waals surface area (Å²) >= 11 is 8.69. The quantitative estimate of drug-likeness (QED) is 0.451. The van der Waals surface area contributed by atoms with Gasteiger partial charge in [0.15, 0.2) is 10.9 Å². The Morgan fingerprint density at radius 3 is 2.70 bits per heavy atom. The SMILES string of the molecule is C[C@H](NC(=O)COC(=O)CSc1nc2ccccc2s1)c1ccc(Cl)cc1. The highest BCUT2D eigenvalue weighted by Crippen LogP contribution is 2.29. The van der Waals surface area contributed by atoms with Crippen molar-refractivity contribution in [2.75, 3.05) is 12.4 Å². The third-order valence-electron chi connectivity index (χ3n) is 3.70. The van der Waals surface area contributed by atoms with Gasteiger partial charge in [0.05, 0.1) is 22.0 Å². The Morgan fingerprint density at radius 1 is 1.22 bits per heavy atom. The molecule has 0 aliphatic rings. The van der Waals surface area contributed by atoms with Crippen molar-refractivity contribution in [1.29, 1.82) is 0 Å². The van der Waals surface area contributed by atoms with Crippen molar-refractivity contribution in [3.8, 4) is 0 Å². The molecule has 1 heterocycles. The van der Waals surface area contributed by atoms with Crippen LogP contribution in [0.1, 0.15) is 18.5 Å². The second kappa shape index (κ2) is 9.21. The fourth-order valence-corrected chi connectivity index (χ4v) is 4.33. The molecule has 1 amide bonds. The standard InChI is InChI=1S/C19H17ClN2O3S2/c1-12(13-6-8-14(20)9-7-13)21-17(23)10-25-18(24)11-26-19-22-15-4-2-3-5-16(15)27-19/h2-9,12H,10-11H2,1H3,(H,21,23)/t12-/m0/s1. The number of fused-ring (bicyclic) bond motifs is 1. The van der Waals surface area contributed by atoms with E-state index in [1.54, 1.807) is 12.1 Å². The number of nitrogens with one attached hydrogen (secondary N) is 1. The van der Waals surface area contributed by atoms with Crippen molar-refractivity contribution in [3.63, 3.8) is 0 Å². The minimum absolute atomic E-state index is 0.111. The summed E-state index contributed by atoms with van der Waals surface area (Å²) in [5.74, 6) is -0.691. The van der Waals surface area contributed by atoms with Gasteiger partial charge in [0.25, 0.3) is 5.91 Å². The number of nitrogens with zero attached hydrogens (tertiary/aromatic N) is 1. The van der Waals surface area contributed by atoms with Crippen LogP contribution in [0.4, 0.5) is 0 Å². The Balaban J connectivity index is 1.41. The highest BCUT2D eigenvalue weighted by molar-refractivity contribution is 8.01. The molecule has 0 spiro atoms. The first-order valence-electron chi connectivity index (χ1n) is 8.20. The molecule has 0 radical (unpaired) electrons. The molecule has 0 aliphatic carbocycles. The zero-order valence-electron chi connectivity index (χ0n) is 14.5. The predicted octanol–water partition coefficient (Wildman–Crippen LogP) is 4.46. The third kappa shape index (κ3) is 5.69. The van der Waals surface area contributed by atoms with Crippen molar-refractivity contribution >= 4 is 56.8 Å². The maximum atomic E-state index is 12.0. The van der Waals surface area contributed by atoms with Crippen molar-refractivity contribution in [2.45, 2.75) is 17.3 Å². The summed E-state index contributed by atoms with van der Waals surface area (Å²) in [5.41, 5.74) is 1.83. The van der Waals surface area contributed by atoms with Crippen LogP contribution in [0, 0.1) is 0 Å². The number of esters is 1. The van der Waals surface area contributed by atoms with E-state index in [-0.39, 0.29) is 24.3 Å². The Kier molecular flexibility index (Phi) is 6.71. The third-order valence-corrected chi connectivity index (χ3v) is 6.10. The van der Waals surface area contributed by atoms with Crippen LogP contribution >= 0.6 is 34.7 Å². The number of amides is 1. The second-order valence-electron chi connectivity index (χ2n) is 5.74. The predicted molar refractivity (Wildman–Crippen MR) is 109 cm³/mol. The molecule has 1 atom stereocenters. The lowest BCUT2D eigenvalue weighted by Crippen LogP contribution is -2.31. The van der Waals surface area contributed by atoms with Crippen LogP contribution in [0.15, 0.2) is 52.9 Å². The fraction of sp³-hybridized carbons (Fsp3) is 0.211. The largest absolute Gasteiger partial charge is 0.455 e. The molecule has 3 rings (SSSR count). The van der Waals surface area contributed by atoms with E-state index in [0.717, 1.165) is 20.1 Å². The molecule has 27 heavy (non-hydrogen) atoms. The molecule has 2 aromatic carbocycles. The van der Waals surface area contributed by atoms with Crippen LogP contribution in [-0.4, -0.2) is 29.2 Å². The normalized spacial score (nSPS) is 11.9. The first-order chi connectivity index (χ1) is 13.0. The minimum Gasteiger partial charge on any atom is -0.455 e. The number of halogens is 1. The monoisotopic (exact) mass is 420 g/mol. The zero-order chi connectivity index (χ0) is 19.2. The van der Waals surface area contributed by atoms with Gasteiger partial charge in [-0.2, -0.15) is 0 Å². The molecule has 8 heteroatoms. The summed E-state index contributed by atoms with van der Waals surface area (Å²) in [5, 5.41) is 3.42. The zero-order valence-corrected chi connectivity index (χ0v) is 16.9. The molecule has 0 aliphatic heterocycles. The van der Waals surface area contributed by atoms with Gasteiger partial charge in [0.1, 0.15) is 0 Å². The van der Waals surface area contributed by atoms with Gasteiger partial charge < -0.3 is 10.1 Å². The Labute approximate surface area is 170 Å². The summed E-state index contributed by atoms with van der Waals surface area (Å²) in [6, 6.07) is 14.8. The number of thioether (sulfide) groups is 1. The van der Waals surface area contributed by atoms with Gasteiger partial charge in [-0.1, -0.05) is 47.6 Å². The highest BCUT2D eigenvalue weighted by atomic mass is 35.5. The van der Waals surface area contributed by atoms with Crippen LogP contribution < -0.4 is 5.32 Å². The maximum Gasteiger partial charge on any atom is 0.316 e. The van der Waals surface area contributed by atoms with Gasteiger partial charge in [-0.3, -0.25) is 9.59 Å². The molecular weight excluding hydrogens is 404 g/mol. The maximum absolute atomic E-state index is 12.0. The number of hydrogen-bond acceptors (Lipinski definition) is 6. The molecule has 0 bridgehead atoms. The first kappa shape index (κ1) is 19.7. The van der Waals surface area contributed by atoms with Gasteiger partial charge in [0, 0.05) is 5.02 Å². The number of para-hydroxylation sites is 1. The van der Waals surface area contributed by atoms with Crippen LogP contribution in [0.2, 0.25) is 5.02 Å². The second-order valence-corrected chi connectivity index (χ2v) is 8.43. The van der Waals surface area contributed by atoms with Crippen LogP contribution in [0.3, 0.4) is 0 Å². The van der Waals surface area contributed by atoms with Crippen molar-refractivity contribution in [2.24, 2.45) is 0 Å². The number of aromatic nitrogens is 1. The van der Waals surface area contributed by atoms with Crippen LogP contribution in [0.25, 0.3) is 10.2 Å². The Bertz CT molecular complexity index is 911. The summed E-state index contributed by atoms with van der Waals surface area (Å²) in [6.45, 7) is 1.54. The van der Waals surface area contributed by atoms with Crippen molar-refractivity contribution < 1.29 is 14.3 Å². The number of thiazole rings is 1. The van der Waals surface area contributed by atoms with Crippen LogP contribution in [0.5, 0.6) is 0 Å². The number of carbonyl (C=O) groups is 2. The molecule has 1 aromatic heterocycles. The van der Waals surface area contributed by atoms with E-state index in [2.05, 4.69) is 10.3 Å². The van der Waals surface area contributed by atoms with E-state index in [9.17, 15) is 9.59 Å². The Morgan fingerprint density at radius 2 is 1.96 bits per heavy atom. The molecule has 1 N–H and O–H groups in total. The molecule has 0 saturated carbocycles. The number of hydrogen-bond donors (Lipinski definition) is 1. The van der Waals surface area contributed by atoms with E-state index < -0.39 is 5.97 Å². The molecule has 0 fully saturated rings. The summed E-state index contributed by atoms with van der Waals surface area (Å²) < 4.78 is 6.91. The van der Waals surface area contributed by atoms with E-state index >= 15 is 0 Å². The van der Waals surface area contributed by atoms with E-state index in [1.165, 1.54) is 23.1 Å². The topological polar surface area (TPSA) is 68.3 Å². The molecule has 3 aromatic rings. The average molecular weight is 421 g/mol. The molecule has 5 nitrogen and oxygen atoms in total. The Hall–Kier alpha value is -2.09. The smallest absolute Gasteiger partial charge is 0.316 e. The first-order valence-corrected chi connectivity index (χ1v) is 10.4. The van der Waals surface area contributed by atoms with E-state index in [0.29, 0.717) is 5.02 Å². The van der Waals surface area contributed by atoms with Gasteiger partial charge in [-0.25, -0.2) is 4.98 Å². The number of rotatable bonds is 7. The highest BCUT2D eigenvalue weighted by Gasteiger charge is 2.13. The molecule has 0 unspecified atom stereocenters. The minimum atomic E-state index is -0.450. The lowest BCUT2D eigenvalue weighted by molar-refractivity contribution is -0.146. The number of ether oxygens (including phenoxy) is 1. The fourth-order valence-electron chi connectivity index (χ4n) is 2.34. The molecular formula is C19H17ClN2O3S2. The lowest BCUT2D eigenvalue weighted by Gasteiger charge is -2.14. The van der Waals surface area contributed by atoms with Gasteiger partial charge >= 0.3 is 5.97 Å². The van der Waals surface area contributed by atoms with Gasteiger partial charge in [0.2, 0.25) is 0 Å².